The van der Waals surface area contributed by atoms with Gasteiger partial charge in [-0.3, -0.25) is 9.59 Å². The lowest BCUT2D eigenvalue weighted by Crippen LogP contribution is -2.48. The summed E-state index contributed by atoms with van der Waals surface area (Å²) in [4.78, 5) is 26.1. The zero-order valence-corrected chi connectivity index (χ0v) is 13.9. The number of amides is 2. The molecule has 1 saturated heterocycles. The molecular weight excluding hydrogens is 298 g/mol. The van der Waals surface area contributed by atoms with Crippen LogP contribution in [0.15, 0.2) is 24.3 Å². The summed E-state index contributed by atoms with van der Waals surface area (Å²) in [7, 11) is 0. The van der Waals surface area contributed by atoms with Crippen molar-refractivity contribution in [2.45, 2.75) is 19.1 Å². The highest BCUT2D eigenvalue weighted by atomic mass is 32.2. The Morgan fingerprint density at radius 1 is 1.27 bits per heavy atom. The van der Waals surface area contributed by atoms with Gasteiger partial charge in [0.2, 0.25) is 11.8 Å². The molecule has 1 unspecified atom stereocenters. The lowest BCUT2D eigenvalue weighted by Gasteiger charge is -2.29. The Kier molecular flexibility index (Phi) is 6.27. The van der Waals surface area contributed by atoms with Crippen molar-refractivity contribution in [3.05, 3.63) is 29.8 Å². The van der Waals surface area contributed by atoms with Gasteiger partial charge in [-0.15, -0.1) is 11.8 Å². The fourth-order valence-corrected chi connectivity index (χ4v) is 3.01. The van der Waals surface area contributed by atoms with Crippen LogP contribution < -0.4 is 10.6 Å². The van der Waals surface area contributed by atoms with Crippen molar-refractivity contribution in [1.29, 1.82) is 0 Å². The van der Waals surface area contributed by atoms with Gasteiger partial charge in [-0.05, 0) is 26.0 Å². The molecule has 0 aromatic heterocycles. The van der Waals surface area contributed by atoms with E-state index >= 15 is 0 Å². The van der Waals surface area contributed by atoms with Crippen LogP contribution >= 0.6 is 11.8 Å². The number of hydrogen-bond acceptors (Lipinski definition) is 4. The van der Waals surface area contributed by atoms with Crippen molar-refractivity contribution in [3.8, 4) is 0 Å². The van der Waals surface area contributed by atoms with Crippen molar-refractivity contribution >= 4 is 29.3 Å². The van der Waals surface area contributed by atoms with Crippen molar-refractivity contribution in [2.24, 2.45) is 0 Å². The standard InChI is InChI=1S/C16H23N3O2S/c1-12-3-5-14(6-4-12)18-15(20)11-22-13(2)16(21)19-9-7-17-8-10-19/h3-6,13,17H,7-11H2,1-2H3,(H,18,20). The number of carbonyl (C=O) groups excluding carboxylic acids is 2. The van der Waals surface area contributed by atoms with Crippen LogP contribution in [0.2, 0.25) is 0 Å². The van der Waals surface area contributed by atoms with E-state index in [-0.39, 0.29) is 22.8 Å². The molecule has 0 bridgehead atoms. The quantitative estimate of drug-likeness (QED) is 0.862. The van der Waals surface area contributed by atoms with E-state index in [4.69, 9.17) is 0 Å². The fourth-order valence-electron chi connectivity index (χ4n) is 2.25. The maximum Gasteiger partial charge on any atom is 0.235 e. The van der Waals surface area contributed by atoms with Gasteiger partial charge in [0.05, 0.1) is 11.0 Å². The maximum atomic E-state index is 12.3. The van der Waals surface area contributed by atoms with Gasteiger partial charge < -0.3 is 15.5 Å². The number of nitrogens with zero attached hydrogens (tertiary/aromatic N) is 1. The lowest BCUT2D eigenvalue weighted by atomic mass is 10.2. The van der Waals surface area contributed by atoms with E-state index in [2.05, 4.69) is 10.6 Å². The van der Waals surface area contributed by atoms with Gasteiger partial charge in [-0.1, -0.05) is 17.7 Å². The molecule has 1 heterocycles. The molecule has 120 valence electrons. The van der Waals surface area contributed by atoms with Crippen molar-refractivity contribution in [3.63, 3.8) is 0 Å². The molecule has 0 spiro atoms. The first-order chi connectivity index (χ1) is 10.6. The number of carbonyl (C=O) groups is 2. The van der Waals surface area contributed by atoms with Crippen LogP contribution in [-0.4, -0.2) is 53.9 Å². The van der Waals surface area contributed by atoms with E-state index in [9.17, 15) is 9.59 Å². The second-order valence-electron chi connectivity index (χ2n) is 5.44. The van der Waals surface area contributed by atoms with Crippen LogP contribution in [0, 0.1) is 6.92 Å². The third kappa shape index (κ3) is 5.03. The Balaban J connectivity index is 1.75. The first-order valence-electron chi connectivity index (χ1n) is 7.54. The summed E-state index contributed by atoms with van der Waals surface area (Å²) in [5, 5.41) is 5.88. The summed E-state index contributed by atoms with van der Waals surface area (Å²) in [5.74, 6) is 0.329. The summed E-state index contributed by atoms with van der Waals surface area (Å²) >= 11 is 1.38. The fraction of sp³-hybridized carbons (Fsp3) is 0.500. The number of benzene rings is 1. The van der Waals surface area contributed by atoms with Gasteiger partial charge in [0.1, 0.15) is 0 Å². The van der Waals surface area contributed by atoms with E-state index in [0.29, 0.717) is 0 Å². The van der Waals surface area contributed by atoms with Crippen molar-refractivity contribution in [1.82, 2.24) is 10.2 Å². The summed E-state index contributed by atoms with van der Waals surface area (Å²) < 4.78 is 0. The molecule has 1 atom stereocenters. The zero-order valence-electron chi connectivity index (χ0n) is 13.1. The lowest BCUT2D eigenvalue weighted by molar-refractivity contribution is -0.130. The molecular formula is C16H23N3O2S. The zero-order chi connectivity index (χ0) is 15.9. The van der Waals surface area contributed by atoms with Gasteiger partial charge >= 0.3 is 0 Å². The van der Waals surface area contributed by atoms with E-state index in [0.717, 1.165) is 37.4 Å². The molecule has 1 aromatic carbocycles. The number of hydrogen-bond donors (Lipinski definition) is 2. The first-order valence-corrected chi connectivity index (χ1v) is 8.59. The molecule has 5 nitrogen and oxygen atoms in total. The third-order valence-electron chi connectivity index (χ3n) is 3.58. The Morgan fingerprint density at radius 3 is 2.55 bits per heavy atom. The van der Waals surface area contributed by atoms with Crippen LogP contribution in [0.4, 0.5) is 5.69 Å². The molecule has 0 aliphatic carbocycles. The van der Waals surface area contributed by atoms with Crippen LogP contribution in [0.3, 0.4) is 0 Å². The van der Waals surface area contributed by atoms with Crippen LogP contribution in [0.5, 0.6) is 0 Å². The smallest absolute Gasteiger partial charge is 0.235 e. The minimum atomic E-state index is -0.193. The Bertz CT molecular complexity index is 513. The molecule has 0 saturated carbocycles. The van der Waals surface area contributed by atoms with E-state index in [1.807, 2.05) is 43.0 Å². The van der Waals surface area contributed by atoms with Gasteiger partial charge in [-0.2, -0.15) is 0 Å². The highest BCUT2D eigenvalue weighted by Gasteiger charge is 2.22. The number of aryl methyl sites for hydroxylation is 1. The second-order valence-corrected chi connectivity index (χ2v) is 6.77. The molecule has 2 N–H and O–H groups in total. The van der Waals surface area contributed by atoms with Gasteiger partial charge in [0.25, 0.3) is 0 Å². The number of rotatable bonds is 5. The van der Waals surface area contributed by atoms with Crippen molar-refractivity contribution < 1.29 is 9.59 Å². The summed E-state index contributed by atoms with van der Waals surface area (Å²) in [6.07, 6.45) is 0. The Morgan fingerprint density at radius 2 is 1.91 bits per heavy atom. The maximum absolute atomic E-state index is 12.3. The minimum Gasteiger partial charge on any atom is -0.339 e. The average molecular weight is 321 g/mol. The minimum absolute atomic E-state index is 0.0752. The SMILES string of the molecule is Cc1ccc(NC(=O)CSC(C)C(=O)N2CCNCC2)cc1. The van der Waals surface area contributed by atoms with Crippen molar-refractivity contribution in [2.75, 3.05) is 37.2 Å². The largest absolute Gasteiger partial charge is 0.339 e. The second kappa shape index (κ2) is 8.19. The van der Waals surface area contributed by atoms with Gasteiger partial charge in [0.15, 0.2) is 0 Å². The van der Waals surface area contributed by atoms with Crippen LogP contribution in [0.25, 0.3) is 0 Å². The summed E-state index contributed by atoms with van der Waals surface area (Å²) in [6, 6.07) is 7.68. The van der Waals surface area contributed by atoms with E-state index < -0.39 is 0 Å². The molecule has 1 aliphatic heterocycles. The molecule has 0 radical (unpaired) electrons. The molecule has 2 rings (SSSR count). The molecule has 2 amide bonds. The van der Waals surface area contributed by atoms with Gasteiger partial charge in [-0.25, -0.2) is 0 Å². The molecule has 6 heteroatoms. The molecule has 1 aromatic rings. The molecule has 1 aliphatic rings. The number of anilines is 1. The monoisotopic (exact) mass is 321 g/mol. The van der Waals surface area contributed by atoms with Gasteiger partial charge in [0, 0.05) is 31.9 Å². The summed E-state index contributed by atoms with van der Waals surface area (Å²) in [6.45, 7) is 7.06. The predicted molar refractivity (Wildman–Crippen MR) is 91.2 cm³/mol. The summed E-state index contributed by atoms with van der Waals surface area (Å²) in [5.41, 5.74) is 1.94. The topological polar surface area (TPSA) is 61.4 Å². The first kappa shape index (κ1) is 16.8. The van der Waals surface area contributed by atoms with E-state index in [1.165, 1.54) is 11.8 Å². The number of nitrogens with one attached hydrogen (secondary N) is 2. The Labute approximate surface area is 135 Å². The van der Waals surface area contributed by atoms with E-state index in [1.54, 1.807) is 0 Å². The highest BCUT2D eigenvalue weighted by molar-refractivity contribution is 8.01. The number of piperazine rings is 1. The normalized spacial score (nSPS) is 16.2. The Hall–Kier alpha value is -1.53. The third-order valence-corrected chi connectivity index (χ3v) is 4.71. The molecule has 1 fully saturated rings. The predicted octanol–water partition coefficient (Wildman–Crippen LogP) is 1.49. The van der Waals surface area contributed by atoms with Crippen LogP contribution in [-0.2, 0) is 9.59 Å². The average Bonchev–Trinajstić information content (AvgIpc) is 2.55. The number of thioether (sulfide) groups is 1. The van der Waals surface area contributed by atoms with Crippen LogP contribution in [0.1, 0.15) is 12.5 Å². The highest BCUT2D eigenvalue weighted by Crippen LogP contribution is 2.15. The molecule has 22 heavy (non-hydrogen) atoms.